The Morgan fingerprint density at radius 2 is 1.83 bits per heavy atom. The van der Waals surface area contributed by atoms with Crippen molar-refractivity contribution in [1.82, 2.24) is 0 Å². The zero-order valence-corrected chi connectivity index (χ0v) is 7.66. The maximum atomic E-state index is 7.57. The lowest BCUT2D eigenvalue weighted by atomic mass is 10.2. The zero-order chi connectivity index (χ0) is 9.23. The molecule has 0 fully saturated rings. The molecule has 0 spiro atoms. The van der Waals surface area contributed by atoms with Crippen LogP contribution in [0.5, 0.6) is 0 Å². The molecule has 0 atom stereocenters. The lowest BCUT2D eigenvalue weighted by Crippen LogP contribution is -1.81. The van der Waals surface area contributed by atoms with E-state index in [9.17, 15) is 0 Å². The van der Waals surface area contributed by atoms with Crippen molar-refractivity contribution >= 4 is 0 Å². The van der Waals surface area contributed by atoms with E-state index in [0.29, 0.717) is 6.61 Å². The Labute approximate surface area is 73.7 Å². The van der Waals surface area contributed by atoms with Gasteiger partial charge in [-0.1, -0.05) is 42.8 Å². The predicted octanol–water partition coefficient (Wildman–Crippen LogP) is 2.88. The summed E-state index contributed by atoms with van der Waals surface area (Å²) in [7, 11) is 0. The SMILES string of the molecule is CCCOO.Cc1ccccc1. The smallest absolute Gasteiger partial charge is 0.0817 e. The summed E-state index contributed by atoms with van der Waals surface area (Å²) >= 11 is 0. The number of hydrogen-bond donors (Lipinski definition) is 1. The summed E-state index contributed by atoms with van der Waals surface area (Å²) in [6, 6.07) is 10.3. The molecule has 2 heteroatoms. The molecule has 0 saturated carbocycles. The van der Waals surface area contributed by atoms with Crippen LogP contribution in [0.25, 0.3) is 0 Å². The molecular formula is C10H16O2. The van der Waals surface area contributed by atoms with Crippen LogP contribution in [0.2, 0.25) is 0 Å². The molecule has 0 saturated heterocycles. The molecule has 0 aliphatic carbocycles. The Bertz CT molecular complexity index is 170. The largest absolute Gasteiger partial charge is 0.252 e. The Morgan fingerprint density at radius 3 is 2.00 bits per heavy atom. The lowest BCUT2D eigenvalue weighted by molar-refractivity contribution is -0.241. The van der Waals surface area contributed by atoms with Crippen LogP contribution in [0.3, 0.4) is 0 Å². The molecule has 0 bridgehead atoms. The van der Waals surface area contributed by atoms with E-state index in [-0.39, 0.29) is 0 Å². The lowest BCUT2D eigenvalue weighted by Gasteiger charge is -1.82. The summed E-state index contributed by atoms with van der Waals surface area (Å²) in [4.78, 5) is 3.69. The highest BCUT2D eigenvalue weighted by atomic mass is 17.1. The highest BCUT2D eigenvalue weighted by Crippen LogP contribution is 1.92. The zero-order valence-electron chi connectivity index (χ0n) is 7.66. The monoisotopic (exact) mass is 168 g/mol. The maximum Gasteiger partial charge on any atom is 0.0817 e. The second kappa shape index (κ2) is 8.24. The van der Waals surface area contributed by atoms with Gasteiger partial charge in [0.2, 0.25) is 0 Å². The van der Waals surface area contributed by atoms with E-state index < -0.39 is 0 Å². The predicted molar refractivity (Wildman–Crippen MR) is 50.1 cm³/mol. The van der Waals surface area contributed by atoms with Crippen molar-refractivity contribution < 1.29 is 10.1 Å². The molecule has 1 N–H and O–H groups in total. The first kappa shape index (κ1) is 11.1. The maximum absolute atomic E-state index is 7.57. The topological polar surface area (TPSA) is 29.5 Å². The van der Waals surface area contributed by atoms with E-state index in [1.807, 2.05) is 25.1 Å². The van der Waals surface area contributed by atoms with Gasteiger partial charge >= 0.3 is 0 Å². The molecule has 2 nitrogen and oxygen atoms in total. The van der Waals surface area contributed by atoms with Gasteiger partial charge in [-0.2, -0.15) is 0 Å². The third kappa shape index (κ3) is 7.25. The van der Waals surface area contributed by atoms with Gasteiger partial charge in [0.25, 0.3) is 0 Å². The summed E-state index contributed by atoms with van der Waals surface area (Å²) in [6.07, 6.45) is 0.872. The third-order valence-corrected chi connectivity index (χ3v) is 1.24. The fourth-order valence-electron chi connectivity index (χ4n) is 0.626. The molecule has 0 aromatic heterocycles. The van der Waals surface area contributed by atoms with Crippen molar-refractivity contribution in [3.05, 3.63) is 35.9 Å². The van der Waals surface area contributed by atoms with Crippen molar-refractivity contribution in [2.45, 2.75) is 20.3 Å². The summed E-state index contributed by atoms with van der Waals surface area (Å²) < 4.78 is 0. The molecule has 0 aliphatic rings. The molecule has 0 unspecified atom stereocenters. The van der Waals surface area contributed by atoms with Gasteiger partial charge in [0, 0.05) is 0 Å². The van der Waals surface area contributed by atoms with Crippen molar-refractivity contribution in [2.75, 3.05) is 6.61 Å². The molecule has 1 aromatic carbocycles. The summed E-state index contributed by atoms with van der Waals surface area (Å²) in [5, 5.41) is 7.57. The van der Waals surface area contributed by atoms with Gasteiger partial charge in [0.05, 0.1) is 6.61 Å². The van der Waals surface area contributed by atoms with Crippen LogP contribution in [0.4, 0.5) is 0 Å². The van der Waals surface area contributed by atoms with E-state index in [1.54, 1.807) is 0 Å². The van der Waals surface area contributed by atoms with E-state index in [2.05, 4.69) is 23.9 Å². The summed E-state index contributed by atoms with van der Waals surface area (Å²) in [6.45, 7) is 4.45. The quantitative estimate of drug-likeness (QED) is 0.543. The van der Waals surface area contributed by atoms with Gasteiger partial charge in [-0.3, -0.25) is 5.26 Å². The molecular weight excluding hydrogens is 152 g/mol. The molecule has 68 valence electrons. The third-order valence-electron chi connectivity index (χ3n) is 1.24. The number of rotatable bonds is 2. The van der Waals surface area contributed by atoms with Crippen LogP contribution in [-0.2, 0) is 4.89 Å². The molecule has 0 aliphatic heterocycles. The Kier molecular flexibility index (Phi) is 7.65. The van der Waals surface area contributed by atoms with Gasteiger partial charge in [0.1, 0.15) is 0 Å². The minimum atomic E-state index is 0.444. The number of aryl methyl sites for hydroxylation is 1. The summed E-state index contributed by atoms with van der Waals surface area (Å²) in [5.41, 5.74) is 1.32. The molecule has 12 heavy (non-hydrogen) atoms. The van der Waals surface area contributed by atoms with Crippen LogP contribution >= 0.6 is 0 Å². The molecule has 0 radical (unpaired) electrons. The number of benzene rings is 1. The van der Waals surface area contributed by atoms with Gasteiger partial charge < -0.3 is 0 Å². The van der Waals surface area contributed by atoms with E-state index in [0.717, 1.165) is 6.42 Å². The second-order valence-corrected chi connectivity index (χ2v) is 2.49. The standard InChI is InChI=1S/C7H8.C3H8O2/c1-7-5-3-2-4-6-7;1-2-3-5-4/h2-6H,1H3;4H,2-3H2,1H3. The van der Waals surface area contributed by atoms with Crippen LogP contribution in [0, 0.1) is 6.92 Å². The molecule has 0 heterocycles. The van der Waals surface area contributed by atoms with Crippen molar-refractivity contribution in [3.8, 4) is 0 Å². The Balaban J connectivity index is 0.000000217. The second-order valence-electron chi connectivity index (χ2n) is 2.49. The van der Waals surface area contributed by atoms with Crippen molar-refractivity contribution in [3.63, 3.8) is 0 Å². The minimum Gasteiger partial charge on any atom is -0.252 e. The Morgan fingerprint density at radius 1 is 1.25 bits per heavy atom. The molecule has 1 aromatic rings. The van der Waals surface area contributed by atoms with Crippen molar-refractivity contribution in [2.24, 2.45) is 0 Å². The van der Waals surface area contributed by atoms with Gasteiger partial charge in [-0.15, -0.1) is 0 Å². The number of hydrogen-bond acceptors (Lipinski definition) is 2. The van der Waals surface area contributed by atoms with Gasteiger partial charge in [0.15, 0.2) is 0 Å². The first-order valence-electron chi connectivity index (χ1n) is 4.09. The van der Waals surface area contributed by atoms with Gasteiger partial charge in [-0.05, 0) is 13.3 Å². The normalized spacial score (nSPS) is 8.58. The molecule has 0 amide bonds. The average Bonchev–Trinajstić information content (AvgIpc) is 2.08. The van der Waals surface area contributed by atoms with Gasteiger partial charge in [-0.25, -0.2) is 4.89 Å². The van der Waals surface area contributed by atoms with Crippen LogP contribution in [0.1, 0.15) is 18.9 Å². The van der Waals surface area contributed by atoms with Crippen LogP contribution in [-0.4, -0.2) is 11.9 Å². The highest BCUT2D eigenvalue weighted by molar-refractivity contribution is 5.11. The van der Waals surface area contributed by atoms with E-state index in [4.69, 9.17) is 5.26 Å². The highest BCUT2D eigenvalue weighted by Gasteiger charge is 1.72. The van der Waals surface area contributed by atoms with E-state index in [1.165, 1.54) is 5.56 Å². The average molecular weight is 168 g/mol. The first-order valence-corrected chi connectivity index (χ1v) is 4.09. The molecule has 1 rings (SSSR count). The minimum absolute atomic E-state index is 0.444. The van der Waals surface area contributed by atoms with E-state index >= 15 is 0 Å². The fraction of sp³-hybridized carbons (Fsp3) is 0.400. The Hall–Kier alpha value is -0.860. The summed E-state index contributed by atoms with van der Waals surface area (Å²) in [5.74, 6) is 0. The van der Waals surface area contributed by atoms with Crippen LogP contribution in [0.15, 0.2) is 30.3 Å². The first-order chi connectivity index (χ1) is 5.81. The van der Waals surface area contributed by atoms with Crippen molar-refractivity contribution in [1.29, 1.82) is 0 Å². The van der Waals surface area contributed by atoms with Crippen LogP contribution < -0.4 is 0 Å². The fourth-order valence-corrected chi connectivity index (χ4v) is 0.626.